The summed E-state index contributed by atoms with van der Waals surface area (Å²) in [6, 6.07) is 7.43. The molecule has 1 aliphatic rings. The topological polar surface area (TPSA) is 122 Å². The molecule has 8 nitrogen and oxygen atoms in total. The maximum absolute atomic E-state index is 12.1. The highest BCUT2D eigenvalue weighted by molar-refractivity contribution is 5.96. The molecule has 8 heteroatoms. The Morgan fingerprint density at radius 2 is 1.81 bits per heavy atom. The summed E-state index contributed by atoms with van der Waals surface area (Å²) in [5.74, 6) is -4.33. The zero-order valence-electron chi connectivity index (χ0n) is 14.5. The van der Waals surface area contributed by atoms with Crippen LogP contribution in [0.4, 0.5) is 0 Å². The second kappa shape index (κ2) is 8.77. The van der Waals surface area contributed by atoms with Gasteiger partial charge in [0.05, 0.1) is 13.2 Å². The molecule has 0 aliphatic carbocycles. The number of hydrogen-bond donors (Lipinski definition) is 3. The summed E-state index contributed by atoms with van der Waals surface area (Å²) in [7, 11) is 0. The van der Waals surface area contributed by atoms with Gasteiger partial charge >= 0.3 is 11.9 Å². The Hall–Kier alpha value is -2.45. The second-order valence-corrected chi connectivity index (χ2v) is 6.40. The van der Waals surface area contributed by atoms with Gasteiger partial charge in [-0.15, -0.1) is 0 Å². The fraction of sp³-hybridized carbons (Fsp3) is 0.500. The Bertz CT molecular complexity index is 638. The quantitative estimate of drug-likeness (QED) is 0.638. The predicted molar refractivity (Wildman–Crippen MR) is 90.6 cm³/mol. The molecule has 3 N–H and O–H groups in total. The molecule has 0 saturated carbocycles. The van der Waals surface area contributed by atoms with Crippen molar-refractivity contribution in [2.75, 3.05) is 13.2 Å². The van der Waals surface area contributed by atoms with Crippen molar-refractivity contribution in [1.82, 2.24) is 5.32 Å². The minimum absolute atomic E-state index is 0.0123. The first-order valence-corrected chi connectivity index (χ1v) is 8.42. The monoisotopic (exact) mass is 365 g/mol. The smallest absolute Gasteiger partial charge is 0.364 e. The molecule has 1 aromatic rings. The number of carboxylic acid groups (broad SMARTS) is 2. The number of benzene rings is 1. The van der Waals surface area contributed by atoms with Crippen molar-refractivity contribution in [3.05, 3.63) is 35.9 Å². The summed E-state index contributed by atoms with van der Waals surface area (Å²) in [4.78, 5) is 34.5. The number of carbonyl (C=O) groups excluding carboxylic acids is 1. The number of amides is 1. The maximum atomic E-state index is 12.1. The molecule has 1 fully saturated rings. The van der Waals surface area contributed by atoms with Crippen molar-refractivity contribution in [2.24, 2.45) is 5.92 Å². The van der Waals surface area contributed by atoms with Crippen LogP contribution in [0.1, 0.15) is 36.5 Å². The zero-order chi connectivity index (χ0) is 19.2. The van der Waals surface area contributed by atoms with E-state index in [9.17, 15) is 19.5 Å². The molecule has 2 rings (SSSR count). The lowest BCUT2D eigenvalue weighted by molar-refractivity contribution is -0.271. The SMILES string of the molecule is CC1(C(=O)O)OCC(CCCC(NC(=O)c2ccccc2)C(=O)O)CO1. The fourth-order valence-corrected chi connectivity index (χ4v) is 2.63. The Labute approximate surface area is 151 Å². The molecule has 1 amide bonds. The number of hydrogen-bond acceptors (Lipinski definition) is 5. The number of rotatable bonds is 8. The molecule has 0 aromatic heterocycles. The van der Waals surface area contributed by atoms with Crippen molar-refractivity contribution in [3.63, 3.8) is 0 Å². The molecule has 26 heavy (non-hydrogen) atoms. The standard InChI is InChI=1S/C18H23NO7/c1-18(17(23)24)25-10-12(11-26-18)6-5-9-14(16(21)22)19-15(20)13-7-3-2-4-8-13/h2-4,7-8,12,14H,5-6,9-11H2,1H3,(H,19,20)(H,21,22)(H,23,24). The summed E-state index contributed by atoms with van der Waals surface area (Å²) in [5.41, 5.74) is 0.404. The summed E-state index contributed by atoms with van der Waals surface area (Å²) in [6.45, 7) is 1.82. The van der Waals surface area contributed by atoms with Crippen LogP contribution in [0.3, 0.4) is 0 Å². The van der Waals surface area contributed by atoms with Crippen molar-refractivity contribution in [2.45, 2.75) is 38.0 Å². The maximum Gasteiger partial charge on any atom is 0.364 e. The highest BCUT2D eigenvalue weighted by Gasteiger charge is 2.40. The zero-order valence-corrected chi connectivity index (χ0v) is 14.5. The van der Waals surface area contributed by atoms with E-state index in [1.807, 2.05) is 0 Å². The summed E-state index contributed by atoms with van der Waals surface area (Å²) in [6.07, 6.45) is 1.41. The minimum atomic E-state index is -1.62. The van der Waals surface area contributed by atoms with E-state index in [2.05, 4.69) is 5.32 Å². The first kappa shape index (κ1) is 19.9. The molecule has 0 spiro atoms. The molecule has 1 aromatic carbocycles. The van der Waals surface area contributed by atoms with Gasteiger partial charge in [-0.3, -0.25) is 4.79 Å². The summed E-state index contributed by atoms with van der Waals surface area (Å²) >= 11 is 0. The Kier molecular flexibility index (Phi) is 6.70. The van der Waals surface area contributed by atoms with Crippen molar-refractivity contribution < 1.29 is 34.1 Å². The number of aliphatic carboxylic acids is 2. The fourth-order valence-electron chi connectivity index (χ4n) is 2.63. The van der Waals surface area contributed by atoms with Gasteiger partial charge in [-0.25, -0.2) is 9.59 Å². The van der Waals surface area contributed by atoms with E-state index in [0.29, 0.717) is 18.4 Å². The van der Waals surface area contributed by atoms with Crippen LogP contribution < -0.4 is 5.32 Å². The lowest BCUT2D eigenvalue weighted by Crippen LogP contribution is -2.48. The average molecular weight is 365 g/mol. The van der Waals surface area contributed by atoms with Gasteiger partial charge in [0, 0.05) is 18.4 Å². The van der Waals surface area contributed by atoms with E-state index in [1.165, 1.54) is 6.92 Å². The van der Waals surface area contributed by atoms with Crippen molar-refractivity contribution in [3.8, 4) is 0 Å². The molecular weight excluding hydrogens is 342 g/mol. The Morgan fingerprint density at radius 3 is 2.35 bits per heavy atom. The Balaban J connectivity index is 1.78. The van der Waals surface area contributed by atoms with Gasteiger partial charge in [-0.1, -0.05) is 24.6 Å². The third kappa shape index (κ3) is 5.27. The van der Waals surface area contributed by atoms with Crippen LogP contribution >= 0.6 is 0 Å². The lowest BCUT2D eigenvalue weighted by atomic mass is 9.99. The molecule has 142 valence electrons. The number of carbonyl (C=O) groups is 3. The van der Waals surface area contributed by atoms with Crippen LogP contribution in [0.2, 0.25) is 0 Å². The van der Waals surface area contributed by atoms with Gasteiger partial charge < -0.3 is 25.0 Å². The molecule has 0 radical (unpaired) electrons. The summed E-state index contributed by atoms with van der Waals surface area (Å²) < 4.78 is 10.5. The lowest BCUT2D eigenvalue weighted by Gasteiger charge is -2.34. The van der Waals surface area contributed by atoms with Gasteiger partial charge in [-0.2, -0.15) is 0 Å². The first-order chi connectivity index (χ1) is 12.3. The van der Waals surface area contributed by atoms with E-state index in [1.54, 1.807) is 30.3 Å². The van der Waals surface area contributed by atoms with E-state index in [0.717, 1.165) is 0 Å². The van der Waals surface area contributed by atoms with E-state index >= 15 is 0 Å². The molecule has 0 bridgehead atoms. The average Bonchev–Trinajstić information content (AvgIpc) is 2.63. The number of carboxylic acids is 2. The highest BCUT2D eigenvalue weighted by atomic mass is 16.7. The van der Waals surface area contributed by atoms with Crippen LogP contribution in [0.5, 0.6) is 0 Å². The van der Waals surface area contributed by atoms with Gasteiger partial charge in [0.15, 0.2) is 0 Å². The highest BCUT2D eigenvalue weighted by Crippen LogP contribution is 2.24. The largest absolute Gasteiger partial charge is 0.480 e. The third-order valence-electron chi connectivity index (χ3n) is 4.32. The van der Waals surface area contributed by atoms with Crippen LogP contribution in [0, 0.1) is 5.92 Å². The molecule has 1 atom stereocenters. The second-order valence-electron chi connectivity index (χ2n) is 6.40. The van der Waals surface area contributed by atoms with Crippen LogP contribution in [-0.4, -0.2) is 53.1 Å². The first-order valence-electron chi connectivity index (χ1n) is 8.42. The molecule has 1 heterocycles. The summed E-state index contributed by atoms with van der Waals surface area (Å²) in [5, 5.41) is 20.8. The van der Waals surface area contributed by atoms with Crippen molar-refractivity contribution in [1.29, 1.82) is 0 Å². The van der Waals surface area contributed by atoms with E-state index < -0.39 is 29.7 Å². The van der Waals surface area contributed by atoms with Crippen LogP contribution in [0.15, 0.2) is 30.3 Å². The normalized spacial score (nSPS) is 23.8. The molecular formula is C18H23NO7. The predicted octanol–water partition coefficient (Wildman–Crippen LogP) is 1.50. The van der Waals surface area contributed by atoms with E-state index in [4.69, 9.17) is 14.6 Å². The van der Waals surface area contributed by atoms with Gasteiger partial charge in [0.1, 0.15) is 6.04 Å². The minimum Gasteiger partial charge on any atom is -0.480 e. The van der Waals surface area contributed by atoms with Gasteiger partial charge in [0.2, 0.25) is 0 Å². The van der Waals surface area contributed by atoms with Gasteiger partial charge in [0.25, 0.3) is 11.7 Å². The van der Waals surface area contributed by atoms with Crippen LogP contribution in [0.25, 0.3) is 0 Å². The molecule has 1 saturated heterocycles. The Morgan fingerprint density at radius 1 is 1.19 bits per heavy atom. The van der Waals surface area contributed by atoms with Crippen molar-refractivity contribution >= 4 is 17.8 Å². The number of nitrogens with one attached hydrogen (secondary N) is 1. The number of ether oxygens (including phenoxy) is 2. The van der Waals surface area contributed by atoms with Crippen LogP contribution in [-0.2, 0) is 19.1 Å². The molecule has 1 aliphatic heterocycles. The third-order valence-corrected chi connectivity index (χ3v) is 4.32. The van der Waals surface area contributed by atoms with Gasteiger partial charge in [-0.05, 0) is 25.0 Å². The molecule has 1 unspecified atom stereocenters. The van der Waals surface area contributed by atoms with E-state index in [-0.39, 0.29) is 25.6 Å².